The second-order valence-corrected chi connectivity index (χ2v) is 11.4. The van der Waals surface area contributed by atoms with Gasteiger partial charge >= 0.3 is 6.03 Å². The highest BCUT2D eigenvalue weighted by atomic mass is 32.3. The van der Waals surface area contributed by atoms with Gasteiger partial charge in [0.15, 0.2) is 5.82 Å². The van der Waals surface area contributed by atoms with Crippen LogP contribution in [0.1, 0.15) is 38.4 Å². The Labute approximate surface area is 194 Å². The number of hydrogen-bond acceptors (Lipinski definition) is 7. The first kappa shape index (κ1) is 23.7. The van der Waals surface area contributed by atoms with Crippen molar-refractivity contribution >= 4 is 28.1 Å². The van der Waals surface area contributed by atoms with Crippen LogP contribution in [0.25, 0.3) is 11.4 Å². The van der Waals surface area contributed by atoms with Gasteiger partial charge in [-0.25, -0.2) is 19.2 Å². The number of morpholine rings is 1. The molecular formula is C22H30FN5O4S. The van der Waals surface area contributed by atoms with Crippen molar-refractivity contribution in [2.75, 3.05) is 37.0 Å². The Hall–Kier alpha value is -2.47. The molecule has 1 unspecified atom stereocenters. The number of ether oxygens (including phenoxy) is 1. The van der Waals surface area contributed by atoms with E-state index in [0.29, 0.717) is 42.7 Å². The third-order valence-electron chi connectivity index (χ3n) is 6.39. The third-order valence-corrected chi connectivity index (χ3v) is 8.91. The SMILES string of the molecule is CCC1COCCN1c1nc(-c2ccc(NC(=O)NC)c(F)c2)nc2c1CS(O)(O)C2(C)C. The van der Waals surface area contributed by atoms with Gasteiger partial charge in [-0.1, -0.05) is 6.92 Å². The van der Waals surface area contributed by atoms with Crippen LogP contribution in [-0.4, -0.2) is 58.0 Å². The molecule has 2 aliphatic heterocycles. The van der Waals surface area contributed by atoms with Crippen molar-refractivity contribution in [3.63, 3.8) is 0 Å². The van der Waals surface area contributed by atoms with Crippen LogP contribution < -0.4 is 15.5 Å². The molecule has 1 fully saturated rings. The molecule has 1 aromatic carbocycles. The molecule has 11 heteroatoms. The second kappa shape index (κ2) is 8.71. The summed E-state index contributed by atoms with van der Waals surface area (Å²) in [6.07, 6.45) is 0.836. The number of rotatable bonds is 4. The number of fused-ring (bicyclic) bond motifs is 1. The van der Waals surface area contributed by atoms with Crippen LogP contribution in [0.5, 0.6) is 0 Å². The molecule has 4 rings (SSSR count). The molecule has 180 valence electrons. The number of halogens is 1. The Morgan fingerprint density at radius 1 is 1.36 bits per heavy atom. The summed E-state index contributed by atoms with van der Waals surface area (Å²) in [5.41, 5.74) is 1.76. The molecule has 1 atom stereocenters. The zero-order chi connectivity index (χ0) is 24.0. The first-order valence-electron chi connectivity index (χ1n) is 10.9. The highest BCUT2D eigenvalue weighted by Crippen LogP contribution is 2.66. The van der Waals surface area contributed by atoms with Gasteiger partial charge in [0.25, 0.3) is 0 Å². The lowest BCUT2D eigenvalue weighted by Gasteiger charge is -2.40. The number of amides is 2. The molecule has 9 nitrogen and oxygen atoms in total. The van der Waals surface area contributed by atoms with Crippen LogP contribution in [0.4, 0.5) is 20.7 Å². The number of anilines is 2. The summed E-state index contributed by atoms with van der Waals surface area (Å²) in [4.78, 5) is 23.2. The Morgan fingerprint density at radius 2 is 2.12 bits per heavy atom. The topological polar surface area (TPSA) is 120 Å². The van der Waals surface area contributed by atoms with Crippen LogP contribution in [0.2, 0.25) is 0 Å². The molecule has 33 heavy (non-hydrogen) atoms. The number of carbonyl (C=O) groups is 1. The zero-order valence-corrected chi connectivity index (χ0v) is 20.0. The van der Waals surface area contributed by atoms with Crippen molar-refractivity contribution in [3.05, 3.63) is 35.3 Å². The average Bonchev–Trinajstić information content (AvgIpc) is 2.98. The smallest absolute Gasteiger partial charge is 0.319 e. The van der Waals surface area contributed by atoms with Gasteiger partial charge in [-0.05, 0) is 38.5 Å². The largest absolute Gasteiger partial charge is 0.377 e. The van der Waals surface area contributed by atoms with E-state index < -0.39 is 27.2 Å². The van der Waals surface area contributed by atoms with Crippen LogP contribution in [0, 0.1) is 5.82 Å². The number of benzene rings is 1. The molecule has 3 heterocycles. The quantitative estimate of drug-likeness (QED) is 0.520. The van der Waals surface area contributed by atoms with Crippen molar-refractivity contribution in [2.45, 2.75) is 43.7 Å². The lowest BCUT2D eigenvalue weighted by atomic mass is 10.0. The standard InChI is InChI=1S/C22H30FN5O4S/c1-5-14-11-32-9-8-28(14)20-15-12-33(30,31)22(2,3)18(15)26-19(27-20)13-6-7-17(16(23)10-13)25-21(29)24-4/h6-7,10,14,30-31H,5,8-9,11-12H2,1-4H3,(H2,24,25,29). The predicted octanol–water partition coefficient (Wildman–Crippen LogP) is 4.15. The van der Waals surface area contributed by atoms with Gasteiger partial charge in [-0.15, -0.1) is 0 Å². The first-order valence-corrected chi connectivity index (χ1v) is 12.6. The fraction of sp³-hybridized carbons (Fsp3) is 0.500. The van der Waals surface area contributed by atoms with E-state index in [1.807, 2.05) is 0 Å². The summed E-state index contributed by atoms with van der Waals surface area (Å²) < 4.78 is 41.1. The van der Waals surface area contributed by atoms with E-state index in [0.717, 1.165) is 12.0 Å². The van der Waals surface area contributed by atoms with Crippen molar-refractivity contribution < 1.29 is 23.0 Å². The minimum Gasteiger partial charge on any atom is -0.377 e. The monoisotopic (exact) mass is 479 g/mol. The third kappa shape index (κ3) is 4.14. The normalized spacial score (nSPS) is 21.9. The Bertz CT molecular complexity index is 1080. The fourth-order valence-corrected chi connectivity index (χ4v) is 5.73. The van der Waals surface area contributed by atoms with Gasteiger partial charge < -0.3 is 20.3 Å². The lowest BCUT2D eigenvalue weighted by molar-refractivity contribution is 0.0925. The van der Waals surface area contributed by atoms with Gasteiger partial charge in [-0.2, -0.15) is 10.6 Å². The number of nitrogens with zero attached hydrogens (tertiary/aromatic N) is 3. The number of carbonyl (C=O) groups excluding carboxylic acids is 1. The fourth-order valence-electron chi connectivity index (χ4n) is 4.22. The molecule has 4 N–H and O–H groups in total. The summed E-state index contributed by atoms with van der Waals surface area (Å²) in [6, 6.07) is 3.93. The maximum absolute atomic E-state index is 14.8. The van der Waals surface area contributed by atoms with Gasteiger partial charge in [0.1, 0.15) is 11.6 Å². The van der Waals surface area contributed by atoms with E-state index in [4.69, 9.17) is 14.7 Å². The van der Waals surface area contributed by atoms with E-state index in [2.05, 4.69) is 22.5 Å². The number of nitrogens with one attached hydrogen (secondary N) is 2. The van der Waals surface area contributed by atoms with Gasteiger partial charge in [0, 0.05) is 24.7 Å². The van der Waals surface area contributed by atoms with E-state index in [9.17, 15) is 18.3 Å². The van der Waals surface area contributed by atoms with Crippen LogP contribution >= 0.6 is 10.6 Å². The van der Waals surface area contributed by atoms with Crippen LogP contribution in [0.15, 0.2) is 18.2 Å². The minimum atomic E-state index is -2.99. The molecule has 2 aromatic rings. The molecule has 0 spiro atoms. The highest BCUT2D eigenvalue weighted by Gasteiger charge is 2.48. The Balaban J connectivity index is 1.84. The van der Waals surface area contributed by atoms with E-state index in [1.165, 1.54) is 19.2 Å². The van der Waals surface area contributed by atoms with Gasteiger partial charge in [0.05, 0.1) is 41.1 Å². The first-order chi connectivity index (χ1) is 15.6. The predicted molar refractivity (Wildman–Crippen MR) is 127 cm³/mol. The molecule has 0 radical (unpaired) electrons. The molecule has 0 aliphatic carbocycles. The average molecular weight is 480 g/mol. The van der Waals surface area contributed by atoms with Crippen LogP contribution in [0.3, 0.4) is 0 Å². The van der Waals surface area contributed by atoms with E-state index >= 15 is 0 Å². The number of aromatic nitrogens is 2. The summed E-state index contributed by atoms with van der Waals surface area (Å²) >= 11 is 0. The molecule has 2 aliphatic rings. The van der Waals surface area contributed by atoms with E-state index in [-0.39, 0.29) is 17.5 Å². The molecular weight excluding hydrogens is 449 g/mol. The summed E-state index contributed by atoms with van der Waals surface area (Å²) in [6.45, 7) is 7.31. The maximum atomic E-state index is 14.8. The Kier molecular flexibility index (Phi) is 6.25. The lowest BCUT2D eigenvalue weighted by Crippen LogP contribution is -2.46. The van der Waals surface area contributed by atoms with Crippen molar-refractivity contribution in [2.24, 2.45) is 0 Å². The molecule has 2 amide bonds. The summed E-state index contributed by atoms with van der Waals surface area (Å²) in [7, 11) is -1.54. The summed E-state index contributed by atoms with van der Waals surface area (Å²) in [5.74, 6) is 0.398. The minimum absolute atomic E-state index is 0.0354. The van der Waals surface area contributed by atoms with Crippen molar-refractivity contribution in [1.82, 2.24) is 15.3 Å². The van der Waals surface area contributed by atoms with Gasteiger partial charge in [-0.3, -0.25) is 9.11 Å². The van der Waals surface area contributed by atoms with Gasteiger partial charge in [0.2, 0.25) is 0 Å². The van der Waals surface area contributed by atoms with Crippen LogP contribution in [-0.2, 0) is 15.2 Å². The molecule has 1 saturated heterocycles. The van der Waals surface area contributed by atoms with Crippen molar-refractivity contribution in [3.8, 4) is 11.4 Å². The Morgan fingerprint density at radius 3 is 2.79 bits per heavy atom. The summed E-state index contributed by atoms with van der Waals surface area (Å²) in [5, 5.41) is 4.81. The van der Waals surface area contributed by atoms with Crippen molar-refractivity contribution in [1.29, 1.82) is 0 Å². The zero-order valence-electron chi connectivity index (χ0n) is 19.2. The van der Waals surface area contributed by atoms with E-state index in [1.54, 1.807) is 19.9 Å². The molecule has 1 aromatic heterocycles. The maximum Gasteiger partial charge on any atom is 0.319 e. The molecule has 0 bridgehead atoms. The molecule has 0 saturated carbocycles. The highest BCUT2D eigenvalue weighted by molar-refractivity contribution is 8.24. The number of urea groups is 1. The number of hydrogen-bond donors (Lipinski definition) is 4. The second-order valence-electron chi connectivity index (χ2n) is 8.75.